The molecule has 156 valence electrons. The van der Waals surface area contributed by atoms with Crippen LogP contribution >= 0.6 is 0 Å². The first-order valence-corrected chi connectivity index (χ1v) is 10.2. The molecule has 0 unspecified atom stereocenters. The second-order valence-corrected chi connectivity index (χ2v) is 8.91. The average molecular weight is 457 g/mol. The SMILES string of the molecule is O=S(=O)(NS(=O)(=O)c1ccc(C(F)=C(F)F)cc1)c1ccc(C(F)=C(F)F)cc1. The Balaban J connectivity index is 2.31. The molecule has 0 fully saturated rings. The number of sulfonamides is 2. The lowest BCUT2D eigenvalue weighted by atomic mass is 10.2. The van der Waals surface area contributed by atoms with E-state index in [9.17, 15) is 43.2 Å². The minimum atomic E-state index is -4.74. The fourth-order valence-electron chi connectivity index (χ4n) is 2.02. The van der Waals surface area contributed by atoms with E-state index in [1.54, 1.807) is 0 Å². The first-order chi connectivity index (χ1) is 13.3. The number of rotatable bonds is 6. The van der Waals surface area contributed by atoms with Gasteiger partial charge in [0.1, 0.15) is 0 Å². The van der Waals surface area contributed by atoms with Crippen molar-refractivity contribution < 1.29 is 43.2 Å². The molecule has 0 saturated heterocycles. The molecule has 2 aromatic rings. The van der Waals surface area contributed by atoms with Gasteiger partial charge in [-0.2, -0.15) is 17.6 Å². The monoisotopic (exact) mass is 457 g/mol. The third-order valence-electron chi connectivity index (χ3n) is 3.39. The average Bonchev–Trinajstić information content (AvgIpc) is 2.66. The largest absolute Gasteiger partial charge is 0.306 e. The second kappa shape index (κ2) is 8.39. The Kier molecular flexibility index (Phi) is 6.55. The van der Waals surface area contributed by atoms with E-state index in [4.69, 9.17) is 0 Å². The van der Waals surface area contributed by atoms with Crippen LogP contribution in [0.1, 0.15) is 11.1 Å². The molecule has 0 amide bonds. The Labute approximate surface area is 161 Å². The molecular weight excluding hydrogens is 448 g/mol. The first-order valence-electron chi connectivity index (χ1n) is 7.26. The van der Waals surface area contributed by atoms with E-state index < -0.39 is 64.8 Å². The van der Waals surface area contributed by atoms with Crippen LogP contribution in [0.5, 0.6) is 0 Å². The summed E-state index contributed by atoms with van der Waals surface area (Å²) in [5.74, 6) is -3.75. The van der Waals surface area contributed by atoms with Gasteiger partial charge in [0, 0.05) is 11.1 Å². The number of nitrogens with one attached hydrogen (secondary N) is 1. The van der Waals surface area contributed by atoms with Crippen molar-refractivity contribution in [2.45, 2.75) is 9.79 Å². The van der Waals surface area contributed by atoms with Crippen molar-refractivity contribution in [2.24, 2.45) is 0 Å². The third-order valence-corrected chi connectivity index (χ3v) is 6.93. The van der Waals surface area contributed by atoms with Gasteiger partial charge >= 0.3 is 12.2 Å². The van der Waals surface area contributed by atoms with Crippen molar-refractivity contribution in [2.75, 3.05) is 0 Å². The Morgan fingerprint density at radius 3 is 1.07 bits per heavy atom. The fourth-order valence-corrected chi connectivity index (χ4v) is 4.93. The highest BCUT2D eigenvalue weighted by molar-refractivity contribution is 8.04. The molecular formula is C16H9F6NO4S2. The molecule has 0 aliphatic rings. The van der Waals surface area contributed by atoms with E-state index in [1.807, 2.05) is 0 Å². The van der Waals surface area contributed by atoms with Crippen LogP contribution in [-0.2, 0) is 20.0 Å². The van der Waals surface area contributed by atoms with Crippen molar-refractivity contribution in [3.05, 3.63) is 71.8 Å². The van der Waals surface area contributed by atoms with Crippen LogP contribution in [-0.4, -0.2) is 16.8 Å². The molecule has 0 heterocycles. The van der Waals surface area contributed by atoms with Crippen molar-refractivity contribution in [3.8, 4) is 0 Å². The van der Waals surface area contributed by atoms with E-state index in [-0.39, 0.29) is 0 Å². The molecule has 2 aromatic carbocycles. The van der Waals surface area contributed by atoms with Crippen LogP contribution in [0.4, 0.5) is 26.3 Å². The predicted octanol–water partition coefficient (Wildman–Crippen LogP) is 4.42. The van der Waals surface area contributed by atoms with Gasteiger partial charge in [-0.1, -0.05) is 24.3 Å². The highest BCUT2D eigenvalue weighted by Gasteiger charge is 2.25. The summed E-state index contributed by atoms with van der Waals surface area (Å²) in [7, 11) is -9.47. The van der Waals surface area contributed by atoms with E-state index in [2.05, 4.69) is 0 Å². The van der Waals surface area contributed by atoms with Crippen molar-refractivity contribution in [1.29, 1.82) is 0 Å². The number of hydrogen-bond acceptors (Lipinski definition) is 4. The van der Waals surface area contributed by atoms with Gasteiger partial charge < -0.3 is 0 Å². The maximum atomic E-state index is 13.1. The summed E-state index contributed by atoms with van der Waals surface area (Å²) in [6.07, 6.45) is -5.24. The van der Waals surface area contributed by atoms with Gasteiger partial charge in [0.05, 0.1) is 9.79 Å². The maximum Gasteiger partial charge on any atom is 0.306 e. The van der Waals surface area contributed by atoms with Crippen LogP contribution in [0.2, 0.25) is 0 Å². The molecule has 0 bridgehead atoms. The summed E-state index contributed by atoms with van der Waals surface area (Å²) in [6.45, 7) is 0. The van der Waals surface area contributed by atoms with E-state index in [0.717, 1.165) is 0 Å². The molecule has 0 aliphatic heterocycles. The standard InChI is InChI=1S/C16H9F6NO4S2/c17-13(15(19)20)9-1-5-11(6-2-9)28(24,25)23-29(26,27)12-7-3-10(4-8-12)14(18)16(21)22/h1-8,23H. The van der Waals surface area contributed by atoms with Crippen LogP contribution < -0.4 is 4.13 Å². The van der Waals surface area contributed by atoms with Gasteiger partial charge in [-0.15, -0.1) is 4.13 Å². The van der Waals surface area contributed by atoms with Crippen LogP contribution in [0, 0.1) is 0 Å². The fraction of sp³-hybridized carbons (Fsp3) is 0. The summed E-state index contributed by atoms with van der Waals surface area (Å²) >= 11 is 0. The van der Waals surface area contributed by atoms with Crippen LogP contribution in [0.25, 0.3) is 11.7 Å². The zero-order chi connectivity index (χ0) is 22.0. The van der Waals surface area contributed by atoms with E-state index in [0.29, 0.717) is 48.5 Å². The Bertz CT molecular complexity index is 1090. The van der Waals surface area contributed by atoms with Gasteiger partial charge in [0.25, 0.3) is 20.0 Å². The van der Waals surface area contributed by atoms with Gasteiger partial charge in [0.2, 0.25) is 0 Å². The topological polar surface area (TPSA) is 80.3 Å². The summed E-state index contributed by atoms with van der Waals surface area (Å²) in [5, 5.41) is 0. The molecule has 1 N–H and O–H groups in total. The lowest BCUT2D eigenvalue weighted by Gasteiger charge is -2.09. The normalized spacial score (nSPS) is 11.8. The minimum absolute atomic E-state index is 0.627. The summed E-state index contributed by atoms with van der Waals surface area (Å²) in [4.78, 5) is -1.36. The molecule has 0 saturated carbocycles. The Morgan fingerprint density at radius 1 is 0.552 bits per heavy atom. The molecule has 0 aliphatic carbocycles. The van der Waals surface area contributed by atoms with E-state index in [1.165, 1.54) is 4.13 Å². The molecule has 0 radical (unpaired) electrons. The molecule has 5 nitrogen and oxygen atoms in total. The maximum absolute atomic E-state index is 13.1. The van der Waals surface area contributed by atoms with Gasteiger partial charge in [-0.3, -0.25) is 0 Å². The quantitative estimate of drug-likeness (QED) is 0.652. The smallest absolute Gasteiger partial charge is 0.206 e. The van der Waals surface area contributed by atoms with Crippen LogP contribution in [0.15, 0.2) is 70.5 Å². The summed E-state index contributed by atoms with van der Waals surface area (Å²) < 4.78 is 125. The minimum Gasteiger partial charge on any atom is -0.206 e. The zero-order valence-electron chi connectivity index (χ0n) is 13.8. The second-order valence-electron chi connectivity index (χ2n) is 5.29. The molecule has 29 heavy (non-hydrogen) atoms. The zero-order valence-corrected chi connectivity index (χ0v) is 15.5. The van der Waals surface area contributed by atoms with Gasteiger partial charge in [-0.05, 0) is 24.3 Å². The van der Waals surface area contributed by atoms with E-state index >= 15 is 0 Å². The van der Waals surface area contributed by atoms with Crippen LogP contribution in [0.3, 0.4) is 0 Å². The lowest BCUT2D eigenvalue weighted by Crippen LogP contribution is -2.30. The third kappa shape index (κ3) is 5.25. The van der Waals surface area contributed by atoms with Gasteiger partial charge in [-0.25, -0.2) is 25.6 Å². The lowest BCUT2D eigenvalue weighted by molar-refractivity contribution is 0.410. The molecule has 0 spiro atoms. The molecule has 13 heteroatoms. The van der Waals surface area contributed by atoms with Crippen molar-refractivity contribution in [1.82, 2.24) is 4.13 Å². The summed E-state index contributed by atoms with van der Waals surface area (Å²) in [6, 6.07) is 5.59. The Hall–Kier alpha value is -2.64. The molecule has 0 aromatic heterocycles. The number of benzene rings is 2. The van der Waals surface area contributed by atoms with Gasteiger partial charge in [0.15, 0.2) is 11.7 Å². The molecule has 0 atom stereocenters. The number of hydrogen-bond donors (Lipinski definition) is 1. The highest BCUT2D eigenvalue weighted by Crippen LogP contribution is 2.25. The number of halogens is 6. The summed E-state index contributed by atoms with van der Waals surface area (Å²) in [5.41, 5.74) is -1.25. The first kappa shape index (κ1) is 22.6. The highest BCUT2D eigenvalue weighted by atomic mass is 32.3. The van der Waals surface area contributed by atoms with Crippen molar-refractivity contribution >= 4 is 31.7 Å². The predicted molar refractivity (Wildman–Crippen MR) is 90.9 cm³/mol. The Morgan fingerprint density at radius 2 is 0.828 bits per heavy atom. The molecule has 2 rings (SSSR count). The van der Waals surface area contributed by atoms with Crippen molar-refractivity contribution in [3.63, 3.8) is 0 Å².